The second kappa shape index (κ2) is 7.11. The van der Waals surface area contributed by atoms with Crippen LogP contribution in [0.1, 0.15) is 34.2 Å². The second-order valence-corrected chi connectivity index (χ2v) is 7.08. The van der Waals surface area contributed by atoms with Crippen molar-refractivity contribution < 1.29 is 14.0 Å². The molecule has 2 aromatic rings. The summed E-state index contributed by atoms with van der Waals surface area (Å²) in [4.78, 5) is 29.3. The maximum Gasteiger partial charge on any atom is 0.275 e. The number of carbonyl (C=O) groups is 2. The molecule has 142 valence electrons. The third-order valence-electron chi connectivity index (χ3n) is 5.06. The summed E-state index contributed by atoms with van der Waals surface area (Å²) < 4.78 is 15.5. The van der Waals surface area contributed by atoms with Crippen LogP contribution in [0.2, 0.25) is 0 Å². The van der Waals surface area contributed by atoms with E-state index in [1.807, 2.05) is 11.7 Å². The molecule has 0 saturated carbocycles. The normalized spacial score (nSPS) is 20.7. The Labute approximate surface area is 156 Å². The Morgan fingerprint density at radius 2 is 2.11 bits per heavy atom. The van der Waals surface area contributed by atoms with E-state index in [1.165, 1.54) is 17.0 Å². The average Bonchev–Trinajstić information content (AvgIpc) is 2.95. The van der Waals surface area contributed by atoms with E-state index in [4.69, 9.17) is 0 Å². The van der Waals surface area contributed by atoms with Crippen molar-refractivity contribution in [3.63, 3.8) is 0 Å². The van der Waals surface area contributed by atoms with Crippen LogP contribution in [0.25, 0.3) is 0 Å². The van der Waals surface area contributed by atoms with Crippen molar-refractivity contribution in [1.82, 2.24) is 24.9 Å². The molecule has 0 bridgehead atoms. The molecule has 3 heterocycles. The molecule has 0 aliphatic carbocycles. The standard InChI is InChI=1S/C19H22FN5O2/c1-23-7-3-8-25-15(12-23)11-16(22-25)19(27)24-9-6-21-18(26)17(24)13-4-2-5-14(20)10-13/h2,4-5,10-11,17H,3,6-9,12H2,1H3,(H,21,26). The van der Waals surface area contributed by atoms with E-state index in [9.17, 15) is 14.0 Å². The van der Waals surface area contributed by atoms with Gasteiger partial charge in [0.05, 0.1) is 5.69 Å². The molecule has 1 saturated heterocycles. The summed E-state index contributed by atoms with van der Waals surface area (Å²) in [7, 11) is 2.04. The Morgan fingerprint density at radius 3 is 2.93 bits per heavy atom. The number of halogens is 1. The van der Waals surface area contributed by atoms with Gasteiger partial charge in [0.2, 0.25) is 5.91 Å². The smallest absolute Gasteiger partial charge is 0.275 e. The van der Waals surface area contributed by atoms with Gasteiger partial charge in [-0.1, -0.05) is 12.1 Å². The van der Waals surface area contributed by atoms with Crippen LogP contribution >= 0.6 is 0 Å². The van der Waals surface area contributed by atoms with E-state index in [2.05, 4.69) is 15.3 Å². The third kappa shape index (κ3) is 3.44. The fourth-order valence-corrected chi connectivity index (χ4v) is 3.77. The third-order valence-corrected chi connectivity index (χ3v) is 5.06. The highest BCUT2D eigenvalue weighted by molar-refractivity contribution is 5.97. The molecule has 4 rings (SSSR count). The van der Waals surface area contributed by atoms with E-state index in [-0.39, 0.29) is 11.8 Å². The second-order valence-electron chi connectivity index (χ2n) is 7.08. The van der Waals surface area contributed by atoms with Crippen LogP contribution in [0.15, 0.2) is 30.3 Å². The summed E-state index contributed by atoms with van der Waals surface area (Å²) in [5.74, 6) is -1.04. The van der Waals surface area contributed by atoms with E-state index < -0.39 is 11.9 Å². The number of hydrogen-bond donors (Lipinski definition) is 1. The quantitative estimate of drug-likeness (QED) is 0.860. The molecule has 2 aliphatic heterocycles. The van der Waals surface area contributed by atoms with Crippen molar-refractivity contribution in [1.29, 1.82) is 0 Å². The van der Waals surface area contributed by atoms with Gasteiger partial charge in [0.15, 0.2) is 5.69 Å². The molecule has 0 spiro atoms. The summed E-state index contributed by atoms with van der Waals surface area (Å²) in [5.41, 5.74) is 1.78. The Hall–Kier alpha value is -2.74. The molecule has 0 radical (unpaired) electrons. The maximum absolute atomic E-state index is 13.7. The zero-order chi connectivity index (χ0) is 19.0. The lowest BCUT2D eigenvalue weighted by Crippen LogP contribution is -2.52. The average molecular weight is 371 g/mol. The van der Waals surface area contributed by atoms with Crippen molar-refractivity contribution >= 4 is 11.8 Å². The summed E-state index contributed by atoms with van der Waals surface area (Å²) >= 11 is 0. The van der Waals surface area contributed by atoms with Gasteiger partial charge >= 0.3 is 0 Å². The number of nitrogens with one attached hydrogen (secondary N) is 1. The Bertz CT molecular complexity index is 881. The van der Waals surface area contributed by atoms with Crippen LogP contribution in [-0.2, 0) is 17.9 Å². The molecule has 1 aromatic carbocycles. The van der Waals surface area contributed by atoms with Crippen molar-refractivity contribution in [3.05, 3.63) is 53.1 Å². The first-order valence-corrected chi connectivity index (χ1v) is 9.12. The largest absolute Gasteiger partial charge is 0.352 e. The monoisotopic (exact) mass is 371 g/mol. The number of aryl methyl sites for hydroxylation is 1. The van der Waals surface area contributed by atoms with E-state index >= 15 is 0 Å². The molecule has 2 aliphatic rings. The van der Waals surface area contributed by atoms with Crippen molar-refractivity contribution in [3.8, 4) is 0 Å². The highest BCUT2D eigenvalue weighted by Gasteiger charge is 2.36. The number of carbonyl (C=O) groups excluding carboxylic acids is 2. The van der Waals surface area contributed by atoms with Crippen LogP contribution in [0, 0.1) is 5.82 Å². The summed E-state index contributed by atoms with van der Waals surface area (Å²) in [6, 6.07) is 6.78. The zero-order valence-electron chi connectivity index (χ0n) is 15.2. The number of piperazine rings is 1. The number of aromatic nitrogens is 2. The number of nitrogens with zero attached hydrogens (tertiary/aromatic N) is 4. The van der Waals surface area contributed by atoms with E-state index in [1.54, 1.807) is 18.2 Å². The minimum Gasteiger partial charge on any atom is -0.352 e. The van der Waals surface area contributed by atoms with Crippen LogP contribution < -0.4 is 5.32 Å². The first-order valence-electron chi connectivity index (χ1n) is 9.12. The lowest BCUT2D eigenvalue weighted by Gasteiger charge is -2.34. The molecule has 2 amide bonds. The Kier molecular flexibility index (Phi) is 4.65. The van der Waals surface area contributed by atoms with Crippen LogP contribution in [0.3, 0.4) is 0 Å². The molecule has 8 heteroatoms. The zero-order valence-corrected chi connectivity index (χ0v) is 15.2. The van der Waals surface area contributed by atoms with Gasteiger partial charge in [-0.25, -0.2) is 4.39 Å². The highest BCUT2D eigenvalue weighted by atomic mass is 19.1. The van der Waals surface area contributed by atoms with Crippen molar-refractivity contribution in [2.75, 3.05) is 26.7 Å². The van der Waals surface area contributed by atoms with Gasteiger partial charge in [-0.15, -0.1) is 0 Å². The Balaban J connectivity index is 1.65. The van der Waals surface area contributed by atoms with Gasteiger partial charge in [-0.3, -0.25) is 14.3 Å². The number of fused-ring (bicyclic) bond motifs is 1. The number of benzene rings is 1. The van der Waals surface area contributed by atoms with Crippen LogP contribution in [0.5, 0.6) is 0 Å². The number of hydrogen-bond acceptors (Lipinski definition) is 4. The maximum atomic E-state index is 13.7. The van der Waals surface area contributed by atoms with Crippen LogP contribution in [-0.4, -0.2) is 58.1 Å². The fraction of sp³-hybridized carbons (Fsp3) is 0.421. The van der Waals surface area contributed by atoms with E-state index in [0.717, 1.165) is 31.7 Å². The number of rotatable bonds is 2. The summed E-state index contributed by atoms with van der Waals surface area (Å²) in [6.07, 6.45) is 0.969. The van der Waals surface area contributed by atoms with E-state index in [0.29, 0.717) is 24.3 Å². The summed E-state index contributed by atoms with van der Waals surface area (Å²) in [5, 5.41) is 7.25. The van der Waals surface area contributed by atoms with Crippen molar-refractivity contribution in [2.24, 2.45) is 0 Å². The molecule has 1 aromatic heterocycles. The topological polar surface area (TPSA) is 70.5 Å². The molecule has 1 fully saturated rings. The predicted molar refractivity (Wildman–Crippen MR) is 96.4 cm³/mol. The minimum absolute atomic E-state index is 0.303. The first-order chi connectivity index (χ1) is 13.0. The molecular weight excluding hydrogens is 349 g/mol. The van der Waals surface area contributed by atoms with Gasteiger partial charge in [0.1, 0.15) is 11.9 Å². The minimum atomic E-state index is -0.855. The Morgan fingerprint density at radius 1 is 1.26 bits per heavy atom. The molecule has 7 nitrogen and oxygen atoms in total. The summed E-state index contributed by atoms with van der Waals surface area (Å²) in [6.45, 7) is 3.20. The van der Waals surface area contributed by atoms with Crippen molar-refractivity contribution in [2.45, 2.75) is 25.6 Å². The molecule has 1 unspecified atom stereocenters. The predicted octanol–water partition coefficient (Wildman–Crippen LogP) is 1.17. The molecular formula is C19H22FN5O2. The fourth-order valence-electron chi connectivity index (χ4n) is 3.77. The van der Waals surface area contributed by atoms with Crippen LogP contribution in [0.4, 0.5) is 4.39 Å². The lowest BCUT2D eigenvalue weighted by atomic mass is 10.0. The highest BCUT2D eigenvalue weighted by Crippen LogP contribution is 2.26. The van der Waals surface area contributed by atoms with Gasteiger partial charge < -0.3 is 15.1 Å². The number of amides is 2. The molecule has 1 N–H and O–H groups in total. The van der Waals surface area contributed by atoms with Gasteiger partial charge in [-0.2, -0.15) is 5.10 Å². The molecule has 27 heavy (non-hydrogen) atoms. The molecule has 1 atom stereocenters. The van der Waals surface area contributed by atoms with Gasteiger partial charge in [0, 0.05) is 32.7 Å². The SMILES string of the molecule is CN1CCCn2nc(C(=O)N3CCNC(=O)C3c3cccc(F)c3)cc2C1. The van der Waals surface area contributed by atoms with Gasteiger partial charge in [-0.05, 0) is 37.2 Å². The first kappa shape index (κ1) is 17.7. The lowest BCUT2D eigenvalue weighted by molar-refractivity contribution is -0.128. The van der Waals surface area contributed by atoms with Gasteiger partial charge in [0.25, 0.3) is 5.91 Å².